The van der Waals surface area contributed by atoms with E-state index in [9.17, 15) is 0 Å². The quantitative estimate of drug-likeness (QED) is 0.442. The number of nitrogens with two attached hydrogens (primary N) is 1. The van der Waals surface area contributed by atoms with E-state index < -0.39 is 0 Å². The fourth-order valence-electron chi connectivity index (χ4n) is 3.78. The van der Waals surface area contributed by atoms with E-state index in [0.29, 0.717) is 6.54 Å². The molecule has 0 saturated heterocycles. The highest BCUT2D eigenvalue weighted by molar-refractivity contribution is 7.99. The van der Waals surface area contributed by atoms with Crippen molar-refractivity contribution >= 4 is 23.1 Å². The van der Waals surface area contributed by atoms with Gasteiger partial charge in [-0.15, -0.1) is 0 Å². The number of rotatable bonds is 7. The molecule has 1 heterocycles. The first kappa shape index (κ1) is 19.1. The van der Waals surface area contributed by atoms with Gasteiger partial charge in [0.15, 0.2) is 0 Å². The topological polar surface area (TPSA) is 29.3 Å². The third-order valence-corrected chi connectivity index (χ3v) is 6.50. The number of hydrogen-bond acceptors (Lipinski definition) is 3. The fourth-order valence-corrected chi connectivity index (χ4v) is 4.92. The summed E-state index contributed by atoms with van der Waals surface area (Å²) < 4.78 is 0. The molecule has 144 valence electrons. The van der Waals surface area contributed by atoms with Crippen molar-refractivity contribution < 1.29 is 0 Å². The summed E-state index contributed by atoms with van der Waals surface area (Å²) in [5.41, 5.74) is 12.1. The molecule has 0 unspecified atom stereocenters. The minimum Gasteiger partial charge on any atom is -0.340 e. The molecule has 3 aromatic carbocycles. The molecule has 0 spiro atoms. The summed E-state index contributed by atoms with van der Waals surface area (Å²) in [6.45, 7) is 3.93. The standard InChI is InChI=1S/C25H28N2S/c1-2-3-4-7-16-27-22-8-5-6-9-24(22)28-25-17-21(14-15-23(25)27)20-12-10-19(18-26)11-13-20/h5-6,8-15,17H,2-4,7,16,18,26H2,1H3. The zero-order valence-electron chi connectivity index (χ0n) is 16.5. The van der Waals surface area contributed by atoms with Crippen molar-refractivity contribution in [1.29, 1.82) is 0 Å². The van der Waals surface area contributed by atoms with Crippen molar-refractivity contribution in [2.45, 2.75) is 48.9 Å². The molecule has 0 bridgehead atoms. The van der Waals surface area contributed by atoms with Crippen LogP contribution in [0.5, 0.6) is 0 Å². The van der Waals surface area contributed by atoms with Gasteiger partial charge in [0.2, 0.25) is 0 Å². The van der Waals surface area contributed by atoms with Gasteiger partial charge in [-0.3, -0.25) is 0 Å². The van der Waals surface area contributed by atoms with E-state index in [0.717, 1.165) is 6.54 Å². The molecule has 3 aromatic rings. The van der Waals surface area contributed by atoms with Crippen LogP contribution in [0.25, 0.3) is 11.1 Å². The first-order chi connectivity index (χ1) is 13.8. The van der Waals surface area contributed by atoms with Gasteiger partial charge in [-0.2, -0.15) is 0 Å². The van der Waals surface area contributed by atoms with E-state index in [4.69, 9.17) is 5.73 Å². The second-order valence-corrected chi connectivity index (χ2v) is 8.45. The smallest absolute Gasteiger partial charge is 0.0553 e. The zero-order valence-corrected chi connectivity index (χ0v) is 17.3. The van der Waals surface area contributed by atoms with Crippen molar-refractivity contribution in [2.75, 3.05) is 11.4 Å². The summed E-state index contributed by atoms with van der Waals surface area (Å²) in [5, 5.41) is 0. The van der Waals surface area contributed by atoms with Crippen LogP contribution in [0.4, 0.5) is 11.4 Å². The molecule has 1 aliphatic heterocycles. The Labute approximate surface area is 172 Å². The molecule has 2 N–H and O–H groups in total. The molecule has 3 heteroatoms. The van der Waals surface area contributed by atoms with Gasteiger partial charge in [0.1, 0.15) is 0 Å². The normalized spacial score (nSPS) is 12.6. The second-order valence-electron chi connectivity index (χ2n) is 7.37. The van der Waals surface area contributed by atoms with Gasteiger partial charge in [-0.05, 0) is 47.4 Å². The zero-order chi connectivity index (χ0) is 19.3. The molecule has 0 atom stereocenters. The van der Waals surface area contributed by atoms with Gasteiger partial charge in [-0.25, -0.2) is 0 Å². The lowest BCUT2D eigenvalue weighted by molar-refractivity contribution is 0.666. The number of fused-ring (bicyclic) bond motifs is 2. The highest BCUT2D eigenvalue weighted by atomic mass is 32.2. The van der Waals surface area contributed by atoms with Crippen LogP contribution in [0.1, 0.15) is 38.2 Å². The first-order valence-electron chi connectivity index (χ1n) is 10.3. The Morgan fingerprint density at radius 3 is 2.32 bits per heavy atom. The van der Waals surface area contributed by atoms with Crippen LogP contribution >= 0.6 is 11.8 Å². The summed E-state index contributed by atoms with van der Waals surface area (Å²) in [7, 11) is 0. The van der Waals surface area contributed by atoms with Crippen LogP contribution in [-0.4, -0.2) is 6.54 Å². The van der Waals surface area contributed by atoms with E-state index in [2.05, 4.69) is 78.6 Å². The Morgan fingerprint density at radius 1 is 0.786 bits per heavy atom. The molecular weight excluding hydrogens is 360 g/mol. The van der Waals surface area contributed by atoms with Crippen LogP contribution in [-0.2, 0) is 6.54 Å². The van der Waals surface area contributed by atoms with Crippen molar-refractivity contribution in [3.8, 4) is 11.1 Å². The van der Waals surface area contributed by atoms with E-state index in [-0.39, 0.29) is 0 Å². The number of unbranched alkanes of at least 4 members (excludes halogenated alkanes) is 3. The predicted molar refractivity (Wildman–Crippen MR) is 121 cm³/mol. The van der Waals surface area contributed by atoms with Crippen LogP contribution in [0.15, 0.2) is 76.5 Å². The Kier molecular flexibility index (Phi) is 6.04. The maximum Gasteiger partial charge on any atom is 0.0553 e. The molecule has 0 fully saturated rings. The van der Waals surface area contributed by atoms with Crippen LogP contribution in [0.3, 0.4) is 0 Å². The van der Waals surface area contributed by atoms with Gasteiger partial charge in [0, 0.05) is 22.9 Å². The van der Waals surface area contributed by atoms with Crippen molar-refractivity contribution in [3.63, 3.8) is 0 Å². The first-order valence-corrected chi connectivity index (χ1v) is 11.1. The van der Waals surface area contributed by atoms with Gasteiger partial charge < -0.3 is 10.6 Å². The lowest BCUT2D eigenvalue weighted by atomic mass is 10.0. The monoisotopic (exact) mass is 388 g/mol. The van der Waals surface area contributed by atoms with E-state index in [1.165, 1.54) is 63.5 Å². The molecule has 0 aliphatic carbocycles. The SMILES string of the molecule is CCCCCCN1c2ccccc2Sc2cc(-c3ccc(CN)cc3)ccc21. The highest BCUT2D eigenvalue weighted by Crippen LogP contribution is 2.49. The Balaban J connectivity index is 1.65. The fraction of sp³-hybridized carbons (Fsp3) is 0.280. The Bertz CT molecular complexity index is 934. The predicted octanol–water partition coefficient (Wildman–Crippen LogP) is 7.00. The van der Waals surface area contributed by atoms with Crippen molar-refractivity contribution in [2.24, 2.45) is 5.73 Å². The number of nitrogens with zero attached hydrogens (tertiary/aromatic N) is 1. The summed E-state index contributed by atoms with van der Waals surface area (Å²) in [4.78, 5) is 5.20. The van der Waals surface area contributed by atoms with E-state index >= 15 is 0 Å². The minimum atomic E-state index is 0.587. The van der Waals surface area contributed by atoms with Gasteiger partial charge in [-0.1, -0.05) is 80.4 Å². The van der Waals surface area contributed by atoms with Crippen molar-refractivity contribution in [3.05, 3.63) is 72.3 Å². The summed E-state index contributed by atoms with van der Waals surface area (Å²) in [6.07, 6.45) is 5.11. The number of hydrogen-bond donors (Lipinski definition) is 1. The highest BCUT2D eigenvalue weighted by Gasteiger charge is 2.23. The van der Waals surface area contributed by atoms with Gasteiger partial charge >= 0.3 is 0 Å². The third-order valence-electron chi connectivity index (χ3n) is 5.38. The Morgan fingerprint density at radius 2 is 1.54 bits per heavy atom. The molecule has 0 radical (unpaired) electrons. The Hall–Kier alpha value is -2.23. The number of anilines is 2. The average molecular weight is 389 g/mol. The molecule has 0 aromatic heterocycles. The number of para-hydroxylation sites is 1. The lowest BCUT2D eigenvalue weighted by Crippen LogP contribution is -2.21. The maximum absolute atomic E-state index is 5.74. The molecule has 4 rings (SSSR count). The average Bonchev–Trinajstić information content (AvgIpc) is 2.75. The second kappa shape index (κ2) is 8.85. The maximum atomic E-state index is 5.74. The molecule has 1 aliphatic rings. The van der Waals surface area contributed by atoms with E-state index in [1.807, 2.05) is 11.8 Å². The molecule has 28 heavy (non-hydrogen) atoms. The van der Waals surface area contributed by atoms with Crippen LogP contribution in [0.2, 0.25) is 0 Å². The largest absolute Gasteiger partial charge is 0.340 e. The van der Waals surface area contributed by atoms with Gasteiger partial charge in [0.25, 0.3) is 0 Å². The van der Waals surface area contributed by atoms with Crippen molar-refractivity contribution in [1.82, 2.24) is 0 Å². The molecular formula is C25H28N2S. The summed E-state index contributed by atoms with van der Waals surface area (Å²) >= 11 is 1.88. The number of benzene rings is 3. The third kappa shape index (κ3) is 3.96. The van der Waals surface area contributed by atoms with E-state index in [1.54, 1.807) is 0 Å². The molecule has 0 saturated carbocycles. The van der Waals surface area contributed by atoms with Crippen LogP contribution in [0, 0.1) is 0 Å². The molecule has 2 nitrogen and oxygen atoms in total. The van der Waals surface area contributed by atoms with Gasteiger partial charge in [0.05, 0.1) is 11.4 Å². The lowest BCUT2D eigenvalue weighted by Gasteiger charge is -2.33. The summed E-state index contributed by atoms with van der Waals surface area (Å²) in [6, 6.07) is 24.3. The summed E-state index contributed by atoms with van der Waals surface area (Å²) in [5.74, 6) is 0. The molecule has 0 amide bonds. The minimum absolute atomic E-state index is 0.587. The van der Waals surface area contributed by atoms with Crippen LogP contribution < -0.4 is 10.6 Å².